The first-order valence-corrected chi connectivity index (χ1v) is 8.62. The van der Waals surface area contributed by atoms with Gasteiger partial charge in [-0.25, -0.2) is 0 Å². The average Bonchev–Trinajstić information content (AvgIpc) is 3.11. The Morgan fingerprint density at radius 2 is 1.64 bits per heavy atom. The predicted octanol–water partition coefficient (Wildman–Crippen LogP) is 3.16. The Labute approximate surface area is 149 Å². The van der Waals surface area contributed by atoms with Crippen molar-refractivity contribution in [2.45, 2.75) is 33.9 Å². The van der Waals surface area contributed by atoms with E-state index in [4.69, 9.17) is 9.47 Å². The highest BCUT2D eigenvalue weighted by atomic mass is 16.7. The van der Waals surface area contributed by atoms with Crippen LogP contribution >= 0.6 is 0 Å². The van der Waals surface area contributed by atoms with Gasteiger partial charge in [0, 0.05) is 13.1 Å². The van der Waals surface area contributed by atoms with Crippen LogP contribution in [0.2, 0.25) is 0 Å². The summed E-state index contributed by atoms with van der Waals surface area (Å²) in [5.41, 5.74) is 3.38. The molecule has 5 nitrogen and oxygen atoms in total. The van der Waals surface area contributed by atoms with Crippen LogP contribution in [0.5, 0.6) is 11.5 Å². The number of rotatable bonds is 6. The number of aryl methyl sites for hydroxylation is 1. The molecule has 0 fully saturated rings. The highest BCUT2D eigenvalue weighted by molar-refractivity contribution is 5.78. The molecule has 2 aromatic rings. The normalized spacial score (nSPS) is 11.5. The Bertz CT molecular complexity index is 684. The number of ether oxygens (including phenoxy) is 2. The molecular weight excluding hydrogens is 316 g/mol. The van der Waals surface area contributed by atoms with Crippen molar-refractivity contribution in [2.24, 2.45) is 0 Å². The second-order valence-corrected chi connectivity index (χ2v) is 5.55. The van der Waals surface area contributed by atoms with Crippen LogP contribution in [0.1, 0.15) is 30.5 Å². The number of amides is 1. The summed E-state index contributed by atoms with van der Waals surface area (Å²) in [5.74, 6) is 1.45. The number of fused-ring (bicyclic) bond motifs is 1. The van der Waals surface area contributed by atoms with Crippen molar-refractivity contribution < 1.29 is 14.3 Å². The molecule has 2 N–H and O–H groups in total. The molecule has 2 aromatic carbocycles. The summed E-state index contributed by atoms with van der Waals surface area (Å²) in [5, 5.41) is 6.03. The van der Waals surface area contributed by atoms with E-state index >= 15 is 0 Å². The van der Waals surface area contributed by atoms with E-state index in [1.807, 2.05) is 32.0 Å². The maximum Gasteiger partial charge on any atom is 0.234 e. The van der Waals surface area contributed by atoms with Crippen molar-refractivity contribution in [1.82, 2.24) is 10.6 Å². The lowest BCUT2D eigenvalue weighted by Crippen LogP contribution is -2.33. The fourth-order valence-corrected chi connectivity index (χ4v) is 2.34. The Morgan fingerprint density at radius 1 is 0.960 bits per heavy atom. The maximum absolute atomic E-state index is 11.9. The summed E-state index contributed by atoms with van der Waals surface area (Å²) in [6, 6.07) is 13.9. The zero-order valence-electron chi connectivity index (χ0n) is 15.1. The molecule has 0 atom stereocenters. The van der Waals surface area contributed by atoms with E-state index in [0.29, 0.717) is 19.6 Å². The van der Waals surface area contributed by atoms with E-state index in [0.717, 1.165) is 17.1 Å². The lowest BCUT2D eigenvalue weighted by atomic mass is 10.1. The number of carbonyl (C=O) groups excluding carboxylic acids is 1. The molecule has 3 rings (SSSR count). The Balaban J connectivity index is 0.00000109. The van der Waals surface area contributed by atoms with Gasteiger partial charge in [-0.15, -0.1) is 0 Å². The van der Waals surface area contributed by atoms with Crippen molar-refractivity contribution in [3.05, 3.63) is 59.2 Å². The molecule has 25 heavy (non-hydrogen) atoms. The molecule has 1 amide bonds. The summed E-state index contributed by atoms with van der Waals surface area (Å²) < 4.78 is 10.6. The highest BCUT2D eigenvalue weighted by Gasteiger charge is 2.13. The molecule has 0 radical (unpaired) electrons. The first-order valence-electron chi connectivity index (χ1n) is 8.62. The lowest BCUT2D eigenvalue weighted by molar-refractivity contribution is -0.120. The molecule has 134 valence electrons. The number of carbonyl (C=O) groups is 1. The molecule has 0 saturated heterocycles. The standard InChI is InChI=1S/C18H20N2O3.C2H6/c1-13-2-4-14(5-3-13)9-19-11-18(21)20-10-15-6-7-16-17(8-15)23-12-22-16;1-2/h2-8,19H,9-12H2,1H3,(H,20,21);1-2H3. The Morgan fingerprint density at radius 3 is 2.40 bits per heavy atom. The number of hydrogen-bond acceptors (Lipinski definition) is 4. The van der Waals surface area contributed by atoms with Gasteiger partial charge in [0.25, 0.3) is 0 Å². The van der Waals surface area contributed by atoms with Gasteiger partial charge in [0.1, 0.15) is 0 Å². The zero-order valence-corrected chi connectivity index (χ0v) is 15.1. The minimum absolute atomic E-state index is 0.0326. The van der Waals surface area contributed by atoms with Gasteiger partial charge in [0.2, 0.25) is 12.7 Å². The van der Waals surface area contributed by atoms with E-state index in [1.165, 1.54) is 11.1 Å². The van der Waals surface area contributed by atoms with Crippen LogP contribution in [0.25, 0.3) is 0 Å². The van der Waals surface area contributed by atoms with Crippen LogP contribution in [0, 0.1) is 6.92 Å². The third kappa shape index (κ3) is 5.80. The fourth-order valence-electron chi connectivity index (χ4n) is 2.34. The maximum atomic E-state index is 11.9. The largest absolute Gasteiger partial charge is 0.454 e. The summed E-state index contributed by atoms with van der Waals surface area (Å²) >= 11 is 0. The van der Waals surface area contributed by atoms with Crippen molar-refractivity contribution >= 4 is 5.91 Å². The van der Waals surface area contributed by atoms with Gasteiger partial charge in [-0.1, -0.05) is 49.7 Å². The third-order valence-corrected chi connectivity index (χ3v) is 3.66. The van der Waals surface area contributed by atoms with Crippen molar-refractivity contribution in [3.63, 3.8) is 0 Å². The monoisotopic (exact) mass is 342 g/mol. The molecule has 0 aliphatic carbocycles. The highest BCUT2D eigenvalue weighted by Crippen LogP contribution is 2.32. The molecule has 0 unspecified atom stereocenters. The molecule has 5 heteroatoms. The van der Waals surface area contributed by atoms with Gasteiger partial charge < -0.3 is 20.1 Å². The van der Waals surface area contributed by atoms with E-state index < -0.39 is 0 Å². The molecule has 1 aliphatic rings. The molecule has 0 spiro atoms. The van der Waals surface area contributed by atoms with Crippen LogP contribution in [-0.4, -0.2) is 19.2 Å². The summed E-state index contributed by atoms with van der Waals surface area (Å²) in [4.78, 5) is 11.9. The van der Waals surface area contributed by atoms with Crippen LogP contribution in [0.4, 0.5) is 0 Å². The Hall–Kier alpha value is -2.53. The number of hydrogen-bond donors (Lipinski definition) is 2. The number of nitrogens with one attached hydrogen (secondary N) is 2. The first kappa shape index (κ1) is 18.8. The summed E-state index contributed by atoms with van der Waals surface area (Å²) in [6.45, 7) is 7.76. The van der Waals surface area contributed by atoms with Crippen LogP contribution in [-0.2, 0) is 17.9 Å². The van der Waals surface area contributed by atoms with E-state index in [1.54, 1.807) is 0 Å². The van der Waals surface area contributed by atoms with Gasteiger partial charge in [-0.2, -0.15) is 0 Å². The SMILES string of the molecule is CC.Cc1ccc(CNCC(=O)NCc2ccc3c(c2)OCO3)cc1. The van der Waals surface area contributed by atoms with Crippen LogP contribution < -0.4 is 20.1 Å². The van der Waals surface area contributed by atoms with Gasteiger partial charge in [-0.05, 0) is 30.2 Å². The second-order valence-electron chi connectivity index (χ2n) is 5.55. The molecule has 1 heterocycles. The second kappa shape index (κ2) is 9.69. The third-order valence-electron chi connectivity index (χ3n) is 3.66. The Kier molecular flexibility index (Phi) is 7.29. The smallest absolute Gasteiger partial charge is 0.234 e. The minimum atomic E-state index is -0.0326. The predicted molar refractivity (Wildman–Crippen MR) is 98.6 cm³/mol. The van der Waals surface area contributed by atoms with Crippen LogP contribution in [0.15, 0.2) is 42.5 Å². The summed E-state index contributed by atoms with van der Waals surface area (Å²) in [6.07, 6.45) is 0. The molecule has 0 bridgehead atoms. The van der Waals surface area contributed by atoms with Crippen molar-refractivity contribution in [1.29, 1.82) is 0 Å². The van der Waals surface area contributed by atoms with Crippen LogP contribution in [0.3, 0.4) is 0 Å². The van der Waals surface area contributed by atoms with Crippen molar-refractivity contribution in [2.75, 3.05) is 13.3 Å². The van der Waals surface area contributed by atoms with E-state index in [9.17, 15) is 4.79 Å². The average molecular weight is 342 g/mol. The fraction of sp³-hybridized carbons (Fsp3) is 0.350. The minimum Gasteiger partial charge on any atom is -0.454 e. The quantitative estimate of drug-likeness (QED) is 0.847. The molecule has 0 saturated carbocycles. The van der Waals surface area contributed by atoms with Crippen molar-refractivity contribution in [3.8, 4) is 11.5 Å². The van der Waals surface area contributed by atoms with Gasteiger partial charge in [0.05, 0.1) is 6.54 Å². The molecule has 1 aliphatic heterocycles. The van der Waals surface area contributed by atoms with Gasteiger partial charge in [-0.3, -0.25) is 4.79 Å². The van der Waals surface area contributed by atoms with E-state index in [-0.39, 0.29) is 12.7 Å². The zero-order chi connectivity index (χ0) is 18.1. The molecule has 0 aromatic heterocycles. The molecular formula is C20H26N2O3. The first-order chi connectivity index (χ1) is 12.2. The van der Waals surface area contributed by atoms with E-state index in [2.05, 4.69) is 41.8 Å². The van der Waals surface area contributed by atoms with Gasteiger partial charge in [0.15, 0.2) is 11.5 Å². The lowest BCUT2D eigenvalue weighted by Gasteiger charge is -2.08. The summed E-state index contributed by atoms with van der Waals surface area (Å²) in [7, 11) is 0. The topological polar surface area (TPSA) is 59.6 Å². The number of benzene rings is 2. The van der Waals surface area contributed by atoms with Gasteiger partial charge >= 0.3 is 0 Å².